The second-order valence-electron chi connectivity index (χ2n) is 3.62. The number of imide groups is 1. The molecule has 2 heterocycles. The Bertz CT molecular complexity index is 407. The Balaban J connectivity index is 2.06. The second kappa shape index (κ2) is 4.26. The highest BCUT2D eigenvalue weighted by atomic mass is 16.2. The maximum absolute atomic E-state index is 11.7. The maximum Gasteiger partial charge on any atom is 0.251 e. The molecule has 1 aromatic rings. The van der Waals surface area contributed by atoms with E-state index in [2.05, 4.69) is 15.3 Å². The predicted octanol–water partition coefficient (Wildman–Crippen LogP) is 0.0359. The van der Waals surface area contributed by atoms with Gasteiger partial charge in [-0.1, -0.05) is 0 Å². The van der Waals surface area contributed by atoms with Gasteiger partial charge in [0, 0.05) is 25.9 Å². The first-order valence-corrected chi connectivity index (χ1v) is 5.01. The fourth-order valence-electron chi connectivity index (χ4n) is 1.60. The van der Waals surface area contributed by atoms with Crippen LogP contribution in [0.5, 0.6) is 0 Å². The van der Waals surface area contributed by atoms with E-state index in [1.54, 1.807) is 18.6 Å². The number of likely N-dealkylation sites (tertiary alicyclic amines) is 1. The highest BCUT2D eigenvalue weighted by Crippen LogP contribution is 2.14. The summed E-state index contributed by atoms with van der Waals surface area (Å²) in [5.41, 5.74) is 0. The van der Waals surface area contributed by atoms with E-state index in [0.29, 0.717) is 18.7 Å². The smallest absolute Gasteiger partial charge is 0.251 e. The molecular formula is C10H12N4O2. The summed E-state index contributed by atoms with van der Waals surface area (Å²) < 4.78 is 0. The predicted molar refractivity (Wildman–Crippen MR) is 56.5 cm³/mol. The summed E-state index contributed by atoms with van der Waals surface area (Å²) in [6.07, 6.45) is 5.52. The number of hydrogen-bond donors (Lipinski definition) is 1. The van der Waals surface area contributed by atoms with Gasteiger partial charge in [-0.05, 0) is 6.42 Å². The van der Waals surface area contributed by atoms with E-state index in [1.807, 2.05) is 0 Å². The zero-order valence-corrected chi connectivity index (χ0v) is 8.88. The van der Waals surface area contributed by atoms with Gasteiger partial charge in [-0.25, -0.2) is 4.98 Å². The van der Waals surface area contributed by atoms with Crippen molar-refractivity contribution in [3.8, 4) is 0 Å². The van der Waals surface area contributed by atoms with Gasteiger partial charge in [-0.3, -0.25) is 19.5 Å². The van der Waals surface area contributed by atoms with E-state index in [-0.39, 0.29) is 17.9 Å². The summed E-state index contributed by atoms with van der Waals surface area (Å²) >= 11 is 0. The summed E-state index contributed by atoms with van der Waals surface area (Å²) in [7, 11) is 1.50. The summed E-state index contributed by atoms with van der Waals surface area (Å²) in [6.45, 7) is 0. The molecule has 6 heteroatoms. The van der Waals surface area contributed by atoms with E-state index in [1.165, 1.54) is 7.05 Å². The van der Waals surface area contributed by atoms with E-state index >= 15 is 0 Å². The first-order valence-electron chi connectivity index (χ1n) is 5.01. The van der Waals surface area contributed by atoms with Crippen LogP contribution in [0.25, 0.3) is 0 Å². The molecule has 0 radical (unpaired) electrons. The lowest BCUT2D eigenvalue weighted by Gasteiger charge is -2.28. The lowest BCUT2D eigenvalue weighted by molar-refractivity contribution is -0.146. The zero-order chi connectivity index (χ0) is 11.5. The molecule has 0 spiro atoms. The fourth-order valence-corrected chi connectivity index (χ4v) is 1.60. The van der Waals surface area contributed by atoms with Crippen molar-refractivity contribution in [1.29, 1.82) is 0 Å². The number of rotatable bonds is 2. The normalized spacial score (nSPS) is 21.1. The van der Waals surface area contributed by atoms with E-state index in [4.69, 9.17) is 0 Å². The largest absolute Gasteiger partial charge is 0.357 e. The number of nitrogens with one attached hydrogen (secondary N) is 1. The minimum absolute atomic E-state index is 0.137. The summed E-state index contributed by atoms with van der Waals surface area (Å²) in [5.74, 6) is 0.188. The molecule has 2 rings (SSSR count). The average molecular weight is 220 g/mol. The Kier molecular flexibility index (Phi) is 2.80. The van der Waals surface area contributed by atoms with Crippen LogP contribution in [0.4, 0.5) is 5.82 Å². The van der Waals surface area contributed by atoms with Crippen LogP contribution in [0, 0.1) is 0 Å². The molecule has 1 aliphatic heterocycles. The fraction of sp³-hybridized carbons (Fsp3) is 0.400. The van der Waals surface area contributed by atoms with Gasteiger partial charge in [0.25, 0.3) is 5.91 Å². The molecule has 1 atom stereocenters. The molecule has 0 aliphatic carbocycles. The SMILES string of the molecule is CN1C(=O)CCC(Nc2cnccn2)C1=O. The van der Waals surface area contributed by atoms with Crippen LogP contribution in [0.2, 0.25) is 0 Å². The van der Waals surface area contributed by atoms with Gasteiger partial charge in [0.15, 0.2) is 0 Å². The number of amides is 2. The molecule has 0 aromatic carbocycles. The summed E-state index contributed by atoms with van der Waals surface area (Å²) in [5, 5.41) is 2.96. The van der Waals surface area contributed by atoms with Gasteiger partial charge in [-0.2, -0.15) is 0 Å². The number of piperidine rings is 1. The first-order chi connectivity index (χ1) is 7.68. The number of hydrogen-bond acceptors (Lipinski definition) is 5. The molecule has 16 heavy (non-hydrogen) atoms. The van der Waals surface area contributed by atoms with Crippen LogP contribution >= 0.6 is 0 Å². The zero-order valence-electron chi connectivity index (χ0n) is 8.88. The van der Waals surface area contributed by atoms with Gasteiger partial charge in [0.2, 0.25) is 5.91 Å². The van der Waals surface area contributed by atoms with Crippen LogP contribution < -0.4 is 5.32 Å². The third-order valence-corrected chi connectivity index (χ3v) is 2.53. The third-order valence-electron chi connectivity index (χ3n) is 2.53. The van der Waals surface area contributed by atoms with Gasteiger partial charge in [0.05, 0.1) is 6.20 Å². The number of nitrogens with zero attached hydrogens (tertiary/aromatic N) is 3. The van der Waals surface area contributed by atoms with Crippen molar-refractivity contribution in [2.75, 3.05) is 12.4 Å². The highest BCUT2D eigenvalue weighted by molar-refractivity contribution is 6.01. The molecule has 1 fully saturated rings. The Labute approximate surface area is 92.7 Å². The Morgan fingerprint density at radius 1 is 1.44 bits per heavy atom. The van der Waals surface area contributed by atoms with Gasteiger partial charge in [-0.15, -0.1) is 0 Å². The van der Waals surface area contributed by atoms with Gasteiger partial charge >= 0.3 is 0 Å². The molecule has 1 saturated heterocycles. The number of anilines is 1. The van der Waals surface area contributed by atoms with Crippen LogP contribution in [0.1, 0.15) is 12.8 Å². The minimum Gasteiger partial charge on any atom is -0.357 e. The van der Waals surface area contributed by atoms with Crippen LogP contribution in [0.15, 0.2) is 18.6 Å². The van der Waals surface area contributed by atoms with Crippen LogP contribution in [0.3, 0.4) is 0 Å². The number of likely N-dealkylation sites (N-methyl/N-ethyl adjacent to an activating group) is 1. The maximum atomic E-state index is 11.7. The third kappa shape index (κ3) is 2.00. The van der Waals surface area contributed by atoms with E-state index in [9.17, 15) is 9.59 Å². The molecule has 0 saturated carbocycles. The molecule has 1 aliphatic rings. The molecule has 2 amide bonds. The van der Waals surface area contributed by atoms with Gasteiger partial charge < -0.3 is 5.32 Å². The minimum atomic E-state index is -0.389. The monoisotopic (exact) mass is 220 g/mol. The van der Waals surface area contributed by atoms with Crippen molar-refractivity contribution in [2.24, 2.45) is 0 Å². The number of carbonyl (C=O) groups is 2. The molecule has 84 valence electrons. The molecule has 1 aromatic heterocycles. The molecule has 0 bridgehead atoms. The number of carbonyl (C=O) groups excluding carboxylic acids is 2. The van der Waals surface area contributed by atoms with E-state index in [0.717, 1.165) is 4.90 Å². The Morgan fingerprint density at radius 3 is 2.94 bits per heavy atom. The van der Waals surface area contributed by atoms with Gasteiger partial charge in [0.1, 0.15) is 11.9 Å². The quantitative estimate of drug-likeness (QED) is 0.712. The van der Waals surface area contributed by atoms with E-state index < -0.39 is 0 Å². The van der Waals surface area contributed by atoms with Crippen LogP contribution in [-0.2, 0) is 9.59 Å². The lowest BCUT2D eigenvalue weighted by Crippen LogP contribution is -2.48. The van der Waals surface area contributed by atoms with Crippen molar-refractivity contribution < 1.29 is 9.59 Å². The standard InChI is InChI=1S/C10H12N4O2/c1-14-9(15)3-2-7(10(14)16)13-8-6-11-4-5-12-8/h4-7H,2-3H2,1H3,(H,12,13). The average Bonchev–Trinajstić information content (AvgIpc) is 2.31. The van der Waals surface area contributed by atoms with Crippen molar-refractivity contribution >= 4 is 17.6 Å². The summed E-state index contributed by atoms with van der Waals surface area (Å²) in [6, 6.07) is -0.389. The topological polar surface area (TPSA) is 75.2 Å². The molecule has 1 N–H and O–H groups in total. The molecular weight excluding hydrogens is 208 g/mol. The van der Waals surface area contributed by atoms with Crippen molar-refractivity contribution in [3.63, 3.8) is 0 Å². The lowest BCUT2D eigenvalue weighted by atomic mass is 10.0. The number of aromatic nitrogens is 2. The summed E-state index contributed by atoms with van der Waals surface area (Å²) in [4.78, 5) is 32.1. The Morgan fingerprint density at radius 2 is 2.25 bits per heavy atom. The van der Waals surface area contributed by atoms with Crippen molar-refractivity contribution in [1.82, 2.24) is 14.9 Å². The molecule has 6 nitrogen and oxygen atoms in total. The van der Waals surface area contributed by atoms with Crippen LogP contribution in [-0.4, -0.2) is 39.8 Å². The molecule has 1 unspecified atom stereocenters. The highest BCUT2D eigenvalue weighted by Gasteiger charge is 2.31. The second-order valence-corrected chi connectivity index (χ2v) is 3.62. The van der Waals surface area contributed by atoms with Crippen molar-refractivity contribution in [2.45, 2.75) is 18.9 Å². The van der Waals surface area contributed by atoms with Crippen molar-refractivity contribution in [3.05, 3.63) is 18.6 Å². The first kappa shape index (κ1) is 10.5. The Hall–Kier alpha value is -1.98.